The Labute approximate surface area is 282 Å². The van der Waals surface area contributed by atoms with E-state index in [-0.39, 0.29) is 24.1 Å². The molecule has 0 radical (unpaired) electrons. The third kappa shape index (κ3) is 8.77. The van der Waals surface area contributed by atoms with Crippen LogP contribution in [0.5, 0.6) is 11.5 Å². The van der Waals surface area contributed by atoms with E-state index in [1.54, 1.807) is 55.5 Å². The molecule has 4 aromatic rings. The number of aromatic nitrogens is 1. The van der Waals surface area contributed by atoms with Crippen molar-refractivity contribution in [3.63, 3.8) is 0 Å². The van der Waals surface area contributed by atoms with Gasteiger partial charge in [0.2, 0.25) is 11.8 Å². The second kappa shape index (κ2) is 15.9. The molecule has 1 saturated heterocycles. The summed E-state index contributed by atoms with van der Waals surface area (Å²) in [6.45, 7) is 3.15. The van der Waals surface area contributed by atoms with Crippen LogP contribution in [0.1, 0.15) is 24.5 Å². The Morgan fingerprint density at radius 2 is 2.02 bits per heavy atom. The van der Waals surface area contributed by atoms with Gasteiger partial charge < -0.3 is 34.3 Å². The maximum absolute atomic E-state index is 13.6. The molecule has 0 saturated carbocycles. The van der Waals surface area contributed by atoms with E-state index in [0.29, 0.717) is 76.2 Å². The summed E-state index contributed by atoms with van der Waals surface area (Å²) in [6, 6.07) is 16.8. The number of ether oxygens (including phenoxy) is 5. The number of nitriles is 1. The molecule has 1 fully saturated rings. The summed E-state index contributed by atoms with van der Waals surface area (Å²) in [4.78, 5) is 17.5. The largest absolute Gasteiger partial charge is 0.487 e. The van der Waals surface area contributed by atoms with Crippen molar-refractivity contribution in [2.24, 2.45) is 0 Å². The van der Waals surface area contributed by atoms with Crippen LogP contribution in [0.15, 0.2) is 72.9 Å². The molecule has 1 unspecified atom stereocenters. The summed E-state index contributed by atoms with van der Waals surface area (Å²) in [5.74, 6) is -0.935. The van der Waals surface area contributed by atoms with Gasteiger partial charge >= 0.3 is 0 Å². The number of carbonyl (C=O) groups excluding carboxylic acids is 1. The van der Waals surface area contributed by atoms with Crippen molar-refractivity contribution in [3.8, 4) is 17.6 Å². The fraction of sp³-hybridized carbons (Fsp3) is 0.286. The van der Waals surface area contributed by atoms with Crippen molar-refractivity contribution >= 4 is 45.5 Å². The molecule has 1 amide bonds. The van der Waals surface area contributed by atoms with Crippen LogP contribution in [0.4, 0.5) is 21.5 Å². The SMILES string of the molecule is COC(C)(NCC=CC(=O)Nc1cc2c(Nc3ccc(OCc4cccc(F)c4)c(Cl)c3)c(C#N)cnc2cc1OC1CCOC1)OC. The van der Waals surface area contributed by atoms with Crippen LogP contribution in [0.25, 0.3) is 10.9 Å². The number of fused-ring (bicyclic) bond motifs is 1. The molecule has 1 aromatic heterocycles. The van der Waals surface area contributed by atoms with Crippen LogP contribution in [0.2, 0.25) is 5.02 Å². The number of nitrogens with one attached hydrogen (secondary N) is 3. The van der Waals surface area contributed by atoms with Gasteiger partial charge in [-0.05, 0) is 42.0 Å². The minimum atomic E-state index is -1.00. The summed E-state index contributed by atoms with van der Waals surface area (Å²) < 4.78 is 41.6. The van der Waals surface area contributed by atoms with Crippen LogP contribution in [-0.4, -0.2) is 56.9 Å². The van der Waals surface area contributed by atoms with Gasteiger partial charge in [0.25, 0.3) is 0 Å². The van der Waals surface area contributed by atoms with Crippen LogP contribution >= 0.6 is 11.6 Å². The molecule has 2 heterocycles. The van der Waals surface area contributed by atoms with E-state index in [1.165, 1.54) is 38.6 Å². The molecule has 3 aromatic carbocycles. The lowest BCUT2D eigenvalue weighted by Crippen LogP contribution is -2.45. The Kier molecular flexibility index (Phi) is 11.4. The van der Waals surface area contributed by atoms with E-state index in [2.05, 4.69) is 27.0 Å². The van der Waals surface area contributed by atoms with Crippen molar-refractivity contribution in [2.45, 2.75) is 32.0 Å². The van der Waals surface area contributed by atoms with E-state index < -0.39 is 11.8 Å². The molecule has 1 aliphatic rings. The zero-order valence-corrected chi connectivity index (χ0v) is 27.4. The van der Waals surface area contributed by atoms with Crippen molar-refractivity contribution < 1.29 is 32.9 Å². The highest BCUT2D eigenvalue weighted by Gasteiger charge is 2.22. The van der Waals surface area contributed by atoms with E-state index in [1.807, 2.05) is 0 Å². The Balaban J connectivity index is 1.41. The standard InChI is InChI=1S/C35H35ClFN5O6/c1-35(44-2,45-3)40-12-5-8-33(43)42-30-16-27-29(17-32(30)48-26-11-13-46-21-26)39-19-23(18-38)34(27)41-25-9-10-31(28(36)15-25)47-20-22-6-4-7-24(37)14-22/h4-10,14-17,19,26,40H,11-13,20-21H2,1-3H3,(H,39,41)(H,42,43). The summed E-state index contributed by atoms with van der Waals surface area (Å²) in [5.41, 5.74) is 2.87. The number of nitrogens with zero attached hydrogens (tertiary/aromatic N) is 2. The number of rotatable bonds is 14. The second-order valence-corrected chi connectivity index (χ2v) is 11.4. The lowest BCUT2D eigenvalue weighted by molar-refractivity contribution is -0.212. The van der Waals surface area contributed by atoms with Crippen molar-refractivity contribution in [2.75, 3.05) is 44.6 Å². The Bertz CT molecular complexity index is 1840. The van der Waals surface area contributed by atoms with Crippen LogP contribution in [0.3, 0.4) is 0 Å². The van der Waals surface area contributed by atoms with Gasteiger partial charge in [-0.15, -0.1) is 0 Å². The predicted octanol–water partition coefficient (Wildman–Crippen LogP) is 6.44. The maximum atomic E-state index is 13.6. The van der Waals surface area contributed by atoms with Crippen LogP contribution in [0, 0.1) is 17.1 Å². The Hall–Kier alpha value is -4.77. The fourth-order valence-electron chi connectivity index (χ4n) is 4.86. The van der Waals surface area contributed by atoms with Gasteiger partial charge in [0.1, 0.15) is 36.1 Å². The Morgan fingerprint density at radius 1 is 1.19 bits per heavy atom. The first-order chi connectivity index (χ1) is 23.2. The molecule has 1 aliphatic heterocycles. The zero-order chi connectivity index (χ0) is 34.1. The third-order valence-corrected chi connectivity index (χ3v) is 7.90. The molecule has 0 bridgehead atoms. The number of methoxy groups -OCH3 is 2. The molecule has 0 spiro atoms. The van der Waals surface area contributed by atoms with Crippen molar-refractivity contribution in [3.05, 3.63) is 94.9 Å². The molecule has 3 N–H and O–H groups in total. The van der Waals surface area contributed by atoms with E-state index in [0.717, 1.165) is 0 Å². The normalized spacial score (nSPS) is 14.6. The highest BCUT2D eigenvalue weighted by atomic mass is 35.5. The van der Waals surface area contributed by atoms with Gasteiger partial charge in [0.05, 0.1) is 40.7 Å². The molecule has 11 nitrogen and oxygen atoms in total. The molecular weight excluding hydrogens is 641 g/mol. The van der Waals surface area contributed by atoms with Gasteiger partial charge in [-0.1, -0.05) is 29.8 Å². The van der Waals surface area contributed by atoms with E-state index in [4.69, 9.17) is 35.3 Å². The predicted molar refractivity (Wildman–Crippen MR) is 180 cm³/mol. The number of halogens is 2. The number of benzene rings is 3. The van der Waals surface area contributed by atoms with E-state index >= 15 is 0 Å². The van der Waals surface area contributed by atoms with Crippen LogP contribution in [-0.2, 0) is 25.6 Å². The first-order valence-corrected chi connectivity index (χ1v) is 15.5. The molecule has 1 atom stereocenters. The second-order valence-electron chi connectivity index (χ2n) is 10.9. The number of anilines is 3. The topological polar surface area (TPSA) is 136 Å². The lowest BCUT2D eigenvalue weighted by atomic mass is 10.1. The molecule has 5 rings (SSSR count). The first kappa shape index (κ1) is 34.6. The van der Waals surface area contributed by atoms with Gasteiger partial charge in [-0.3, -0.25) is 15.1 Å². The summed E-state index contributed by atoms with van der Waals surface area (Å²) >= 11 is 6.55. The number of pyridine rings is 1. The molecule has 13 heteroatoms. The molecule has 250 valence electrons. The summed E-state index contributed by atoms with van der Waals surface area (Å²) in [7, 11) is 3.02. The Morgan fingerprint density at radius 3 is 2.73 bits per heavy atom. The van der Waals surface area contributed by atoms with Crippen molar-refractivity contribution in [1.29, 1.82) is 5.26 Å². The summed E-state index contributed by atoms with van der Waals surface area (Å²) in [6.07, 6.45) is 4.99. The van der Waals surface area contributed by atoms with Gasteiger partial charge in [0.15, 0.2) is 0 Å². The number of hydrogen-bond donors (Lipinski definition) is 3. The fourth-order valence-corrected chi connectivity index (χ4v) is 5.10. The highest BCUT2D eigenvalue weighted by molar-refractivity contribution is 6.32. The molecule has 48 heavy (non-hydrogen) atoms. The average molecular weight is 676 g/mol. The molecule has 0 aliphatic carbocycles. The minimum Gasteiger partial charge on any atom is -0.487 e. The minimum absolute atomic E-state index is 0.134. The average Bonchev–Trinajstić information content (AvgIpc) is 3.60. The number of hydrogen-bond acceptors (Lipinski definition) is 10. The quantitative estimate of drug-likeness (QED) is 0.101. The number of carbonyl (C=O) groups is 1. The molecular formula is C35H35ClFN5O6. The lowest BCUT2D eigenvalue weighted by Gasteiger charge is -2.26. The summed E-state index contributed by atoms with van der Waals surface area (Å²) in [5, 5.41) is 20.1. The maximum Gasteiger partial charge on any atom is 0.248 e. The smallest absolute Gasteiger partial charge is 0.248 e. The van der Waals surface area contributed by atoms with Gasteiger partial charge in [-0.2, -0.15) is 5.26 Å². The highest BCUT2D eigenvalue weighted by Crippen LogP contribution is 2.38. The number of amides is 1. The zero-order valence-electron chi connectivity index (χ0n) is 26.6. The third-order valence-electron chi connectivity index (χ3n) is 7.60. The van der Waals surface area contributed by atoms with Gasteiger partial charge in [0, 0.05) is 63.5 Å². The van der Waals surface area contributed by atoms with Crippen molar-refractivity contribution in [1.82, 2.24) is 10.3 Å². The van der Waals surface area contributed by atoms with E-state index in [9.17, 15) is 14.4 Å². The van der Waals surface area contributed by atoms with Crippen LogP contribution < -0.4 is 25.4 Å². The first-order valence-electron chi connectivity index (χ1n) is 15.1. The monoisotopic (exact) mass is 675 g/mol. The van der Waals surface area contributed by atoms with Gasteiger partial charge in [-0.25, -0.2) is 4.39 Å².